The van der Waals surface area contributed by atoms with E-state index in [2.05, 4.69) is 32.2 Å². The Kier molecular flexibility index (Phi) is 5.93. The number of carbonyl (C=O) groups excluding carboxylic acids is 1. The van der Waals surface area contributed by atoms with Crippen LogP contribution >= 0.6 is 0 Å². The highest BCUT2D eigenvalue weighted by molar-refractivity contribution is 5.75. The number of nitrogens with zero attached hydrogens (tertiary/aromatic N) is 1. The molecule has 0 bridgehead atoms. The number of carboxylic acid groups (broad SMARTS) is 1. The molecule has 0 saturated carbocycles. The first-order valence-electron chi connectivity index (χ1n) is 8.68. The summed E-state index contributed by atoms with van der Waals surface area (Å²) in [6.07, 6.45) is 0.992. The third-order valence-corrected chi connectivity index (χ3v) is 4.53. The van der Waals surface area contributed by atoms with Gasteiger partial charge in [0.15, 0.2) is 6.73 Å². The lowest BCUT2D eigenvalue weighted by Crippen LogP contribution is -2.46. The van der Waals surface area contributed by atoms with E-state index in [9.17, 15) is 9.59 Å². The number of hydrogen-bond acceptors (Lipinski definition) is 3. The number of ether oxygens (including phenoxy) is 1. The van der Waals surface area contributed by atoms with Gasteiger partial charge in [0, 0.05) is 13.1 Å². The Labute approximate surface area is 149 Å². The van der Waals surface area contributed by atoms with Crippen molar-refractivity contribution in [2.45, 2.75) is 46.0 Å². The monoisotopic (exact) mass is 348 g/mol. The molecular formula is C19H28N2O4. The van der Waals surface area contributed by atoms with Crippen LogP contribution in [0.5, 0.6) is 5.75 Å². The van der Waals surface area contributed by atoms with E-state index in [4.69, 9.17) is 9.84 Å². The van der Waals surface area contributed by atoms with Crippen LogP contribution in [0.1, 0.15) is 44.7 Å². The Morgan fingerprint density at radius 2 is 1.92 bits per heavy atom. The van der Waals surface area contributed by atoms with E-state index in [-0.39, 0.29) is 24.1 Å². The van der Waals surface area contributed by atoms with Crippen molar-refractivity contribution in [3.63, 3.8) is 0 Å². The van der Waals surface area contributed by atoms with E-state index in [1.807, 2.05) is 19.1 Å². The molecular weight excluding hydrogens is 320 g/mol. The van der Waals surface area contributed by atoms with Gasteiger partial charge >= 0.3 is 12.0 Å². The maximum absolute atomic E-state index is 12.2. The third kappa shape index (κ3) is 5.11. The summed E-state index contributed by atoms with van der Waals surface area (Å²) in [4.78, 5) is 24.8. The van der Waals surface area contributed by atoms with Gasteiger partial charge in [0.25, 0.3) is 0 Å². The number of aryl methyl sites for hydroxylation is 1. The highest BCUT2D eigenvalue weighted by Crippen LogP contribution is 2.32. The lowest BCUT2D eigenvalue weighted by molar-refractivity contribution is -0.143. The molecule has 1 heterocycles. The Balaban J connectivity index is 1.87. The number of piperidine rings is 1. The fraction of sp³-hybridized carbons (Fsp3) is 0.579. The van der Waals surface area contributed by atoms with Gasteiger partial charge in [-0.25, -0.2) is 4.79 Å². The lowest BCUT2D eigenvalue weighted by atomic mass is 9.85. The maximum atomic E-state index is 12.2. The van der Waals surface area contributed by atoms with Crippen LogP contribution in [0, 0.1) is 12.8 Å². The van der Waals surface area contributed by atoms with Gasteiger partial charge in [-0.1, -0.05) is 38.5 Å². The Hall–Kier alpha value is -2.24. The van der Waals surface area contributed by atoms with Crippen LogP contribution in [0.3, 0.4) is 0 Å². The summed E-state index contributed by atoms with van der Waals surface area (Å²) in [5.74, 6) is -0.359. The minimum atomic E-state index is -0.780. The van der Waals surface area contributed by atoms with Crippen molar-refractivity contribution in [3.8, 4) is 5.75 Å². The van der Waals surface area contributed by atoms with Gasteiger partial charge in [-0.3, -0.25) is 4.79 Å². The molecule has 6 nitrogen and oxygen atoms in total. The zero-order valence-electron chi connectivity index (χ0n) is 15.5. The van der Waals surface area contributed by atoms with E-state index < -0.39 is 5.97 Å². The van der Waals surface area contributed by atoms with Crippen molar-refractivity contribution in [1.82, 2.24) is 10.2 Å². The first kappa shape index (κ1) is 19.1. The number of benzene rings is 1. The van der Waals surface area contributed by atoms with Crippen molar-refractivity contribution in [3.05, 3.63) is 29.3 Å². The highest BCUT2D eigenvalue weighted by Gasteiger charge is 2.27. The number of urea groups is 1. The minimum Gasteiger partial charge on any atom is -0.481 e. The number of aliphatic carboxylic acids is 1. The van der Waals surface area contributed by atoms with Gasteiger partial charge in [0.1, 0.15) is 5.75 Å². The fourth-order valence-electron chi connectivity index (χ4n) is 2.97. The first-order valence-corrected chi connectivity index (χ1v) is 8.68. The van der Waals surface area contributed by atoms with E-state index in [1.54, 1.807) is 4.90 Å². The van der Waals surface area contributed by atoms with Gasteiger partial charge in [0.05, 0.1) is 5.92 Å². The molecule has 1 aliphatic rings. The quantitative estimate of drug-likeness (QED) is 0.820. The summed E-state index contributed by atoms with van der Waals surface area (Å²) in [7, 11) is 0. The molecule has 6 heteroatoms. The summed E-state index contributed by atoms with van der Waals surface area (Å²) in [5, 5.41) is 11.8. The lowest BCUT2D eigenvalue weighted by Gasteiger charge is -2.30. The van der Waals surface area contributed by atoms with Crippen molar-refractivity contribution < 1.29 is 19.4 Å². The van der Waals surface area contributed by atoms with E-state index >= 15 is 0 Å². The number of amides is 2. The van der Waals surface area contributed by atoms with Gasteiger partial charge in [0.2, 0.25) is 0 Å². The average Bonchev–Trinajstić information content (AvgIpc) is 2.55. The largest absolute Gasteiger partial charge is 0.481 e. The molecule has 1 fully saturated rings. The first-order chi connectivity index (χ1) is 11.7. The van der Waals surface area contributed by atoms with Crippen molar-refractivity contribution in [2.75, 3.05) is 19.8 Å². The van der Waals surface area contributed by atoms with Crippen LogP contribution in [0.4, 0.5) is 4.79 Å². The molecule has 1 aromatic carbocycles. The Morgan fingerprint density at radius 1 is 1.28 bits per heavy atom. The van der Waals surface area contributed by atoms with Gasteiger partial charge in [-0.05, 0) is 36.8 Å². The normalized spacial score (nSPS) is 15.8. The summed E-state index contributed by atoms with van der Waals surface area (Å²) in [5.41, 5.74) is 2.22. The smallest absolute Gasteiger partial charge is 0.320 e. The van der Waals surface area contributed by atoms with Gasteiger partial charge in [-0.2, -0.15) is 0 Å². The number of rotatable bonds is 4. The van der Waals surface area contributed by atoms with E-state index in [0.29, 0.717) is 25.9 Å². The van der Waals surface area contributed by atoms with Crippen LogP contribution in [-0.4, -0.2) is 41.8 Å². The van der Waals surface area contributed by atoms with Crippen molar-refractivity contribution in [1.29, 1.82) is 0 Å². The second-order valence-corrected chi connectivity index (χ2v) is 7.62. The molecule has 0 atom stereocenters. The molecule has 2 amide bonds. The number of nitrogens with one attached hydrogen (secondary N) is 1. The molecule has 0 aromatic heterocycles. The SMILES string of the molecule is Cc1ccc(OCNC(=O)N2CCC(C(=O)O)CC2)c(C(C)(C)C)c1. The molecule has 0 radical (unpaired) electrons. The van der Waals surface area contributed by atoms with Crippen LogP contribution < -0.4 is 10.1 Å². The Bertz CT molecular complexity index is 629. The zero-order chi connectivity index (χ0) is 18.6. The molecule has 0 spiro atoms. The number of carboxylic acids is 1. The van der Waals surface area contributed by atoms with Gasteiger partial charge < -0.3 is 20.1 Å². The van der Waals surface area contributed by atoms with Crippen molar-refractivity contribution >= 4 is 12.0 Å². The fourth-order valence-corrected chi connectivity index (χ4v) is 2.97. The Morgan fingerprint density at radius 3 is 2.48 bits per heavy atom. The molecule has 2 N–H and O–H groups in total. The summed E-state index contributed by atoms with van der Waals surface area (Å²) in [6, 6.07) is 5.81. The van der Waals surface area contributed by atoms with E-state index in [1.165, 1.54) is 5.56 Å². The van der Waals surface area contributed by atoms with E-state index in [0.717, 1.165) is 11.3 Å². The number of hydrogen-bond donors (Lipinski definition) is 2. The molecule has 2 rings (SSSR count). The van der Waals surface area contributed by atoms with Crippen LogP contribution in [0.2, 0.25) is 0 Å². The van der Waals surface area contributed by atoms with Crippen LogP contribution in [0.25, 0.3) is 0 Å². The van der Waals surface area contributed by atoms with Crippen LogP contribution in [-0.2, 0) is 10.2 Å². The summed E-state index contributed by atoms with van der Waals surface area (Å²) in [6.45, 7) is 9.42. The molecule has 138 valence electrons. The second kappa shape index (κ2) is 7.76. The third-order valence-electron chi connectivity index (χ3n) is 4.53. The average molecular weight is 348 g/mol. The topological polar surface area (TPSA) is 78.9 Å². The predicted molar refractivity (Wildman–Crippen MR) is 95.8 cm³/mol. The minimum absolute atomic E-state index is 0.0515. The molecule has 0 aliphatic carbocycles. The second-order valence-electron chi connectivity index (χ2n) is 7.62. The summed E-state index contributed by atoms with van der Waals surface area (Å²) >= 11 is 0. The molecule has 25 heavy (non-hydrogen) atoms. The maximum Gasteiger partial charge on any atom is 0.320 e. The summed E-state index contributed by atoms with van der Waals surface area (Å²) < 4.78 is 5.79. The standard InChI is InChI=1S/C19H28N2O4/c1-13-5-6-16(15(11-13)19(2,3)4)25-12-20-18(24)21-9-7-14(8-10-21)17(22)23/h5-6,11,14H,7-10,12H2,1-4H3,(H,20,24)(H,22,23). The van der Waals surface area contributed by atoms with Gasteiger partial charge in [-0.15, -0.1) is 0 Å². The molecule has 1 aromatic rings. The zero-order valence-corrected chi connectivity index (χ0v) is 15.5. The molecule has 1 aliphatic heterocycles. The highest BCUT2D eigenvalue weighted by atomic mass is 16.5. The van der Waals surface area contributed by atoms with Crippen molar-refractivity contribution in [2.24, 2.45) is 5.92 Å². The van der Waals surface area contributed by atoms with Crippen LogP contribution in [0.15, 0.2) is 18.2 Å². The number of carbonyl (C=O) groups is 2. The molecule has 0 unspecified atom stereocenters. The molecule has 1 saturated heterocycles. The predicted octanol–water partition coefficient (Wildman–Crippen LogP) is 3.14. The number of likely N-dealkylation sites (tertiary alicyclic amines) is 1.